The van der Waals surface area contributed by atoms with Gasteiger partial charge in [0.25, 0.3) is 0 Å². The molecule has 0 aliphatic carbocycles. The topological polar surface area (TPSA) is 61.9 Å². The number of aromatic nitrogens is 3. The highest BCUT2D eigenvalue weighted by molar-refractivity contribution is 7.10. The third kappa shape index (κ3) is 3.32. The van der Waals surface area contributed by atoms with Gasteiger partial charge in [-0.1, -0.05) is 6.07 Å². The average molecular weight is 356 g/mol. The molecule has 1 saturated heterocycles. The number of halogens is 1. The lowest BCUT2D eigenvalue weighted by molar-refractivity contribution is -0.131. The van der Waals surface area contributed by atoms with Crippen LogP contribution in [0.3, 0.4) is 0 Å². The second kappa shape index (κ2) is 6.76. The van der Waals surface area contributed by atoms with Gasteiger partial charge in [0.2, 0.25) is 5.91 Å². The zero-order chi connectivity index (χ0) is 17.2. The minimum Gasteiger partial charge on any atom is -0.332 e. The molecule has 1 N–H and O–H groups in total. The van der Waals surface area contributed by atoms with Crippen LogP contribution in [0, 0.1) is 5.82 Å². The molecule has 0 radical (unpaired) electrons. The number of amides is 1. The maximum Gasteiger partial charge on any atom is 0.228 e. The molecule has 25 heavy (non-hydrogen) atoms. The first-order valence-corrected chi connectivity index (χ1v) is 9.09. The van der Waals surface area contributed by atoms with Crippen molar-refractivity contribution in [2.75, 3.05) is 6.54 Å². The van der Waals surface area contributed by atoms with E-state index in [4.69, 9.17) is 0 Å². The SMILES string of the molecule is O=C(Cc1cccs1)N1CCC[C@@H]1c1nc(-c2ccc(F)cc2)n[nH]1. The molecule has 0 saturated carbocycles. The van der Waals surface area contributed by atoms with E-state index < -0.39 is 0 Å². The number of benzene rings is 1. The highest BCUT2D eigenvalue weighted by atomic mass is 32.1. The van der Waals surface area contributed by atoms with Gasteiger partial charge in [-0.3, -0.25) is 9.89 Å². The number of thiophene rings is 1. The summed E-state index contributed by atoms with van der Waals surface area (Å²) in [5, 5.41) is 9.18. The van der Waals surface area contributed by atoms with E-state index in [9.17, 15) is 9.18 Å². The monoisotopic (exact) mass is 356 g/mol. The van der Waals surface area contributed by atoms with Gasteiger partial charge in [0.1, 0.15) is 11.6 Å². The summed E-state index contributed by atoms with van der Waals surface area (Å²) in [7, 11) is 0. The summed E-state index contributed by atoms with van der Waals surface area (Å²) >= 11 is 1.60. The van der Waals surface area contributed by atoms with Crippen LogP contribution < -0.4 is 0 Å². The van der Waals surface area contributed by atoms with Gasteiger partial charge in [-0.2, -0.15) is 5.10 Å². The number of nitrogens with one attached hydrogen (secondary N) is 1. The van der Waals surface area contributed by atoms with Gasteiger partial charge in [-0.15, -0.1) is 11.3 Å². The van der Waals surface area contributed by atoms with E-state index in [-0.39, 0.29) is 17.8 Å². The first kappa shape index (κ1) is 16.0. The van der Waals surface area contributed by atoms with E-state index in [1.807, 2.05) is 22.4 Å². The standard InChI is InChI=1S/C18H17FN4OS/c19-13-7-5-12(6-8-13)17-20-18(22-21-17)15-4-1-9-23(15)16(24)11-14-3-2-10-25-14/h2-3,5-8,10,15H,1,4,9,11H2,(H,20,21,22)/t15-/m1/s1. The van der Waals surface area contributed by atoms with Crippen LogP contribution >= 0.6 is 11.3 Å². The summed E-state index contributed by atoms with van der Waals surface area (Å²) in [6.07, 6.45) is 2.24. The quantitative estimate of drug-likeness (QED) is 0.777. The van der Waals surface area contributed by atoms with Crippen LogP contribution in [-0.4, -0.2) is 32.5 Å². The summed E-state index contributed by atoms with van der Waals surface area (Å²) in [4.78, 5) is 20.1. The van der Waals surface area contributed by atoms with Gasteiger partial charge in [0.15, 0.2) is 5.82 Å². The van der Waals surface area contributed by atoms with Crippen LogP contribution in [0.1, 0.15) is 29.6 Å². The lowest BCUT2D eigenvalue weighted by Gasteiger charge is -2.22. The summed E-state index contributed by atoms with van der Waals surface area (Å²) < 4.78 is 13.1. The molecule has 1 fully saturated rings. The number of H-pyrrole nitrogens is 1. The van der Waals surface area contributed by atoms with Crippen molar-refractivity contribution in [3.63, 3.8) is 0 Å². The predicted octanol–water partition coefficient (Wildman–Crippen LogP) is 3.58. The first-order chi connectivity index (χ1) is 12.2. The Morgan fingerprint density at radius 3 is 2.92 bits per heavy atom. The van der Waals surface area contributed by atoms with Crippen molar-refractivity contribution in [3.05, 3.63) is 58.3 Å². The number of hydrogen-bond acceptors (Lipinski definition) is 4. The summed E-state index contributed by atoms with van der Waals surface area (Å²) in [5.74, 6) is 1.04. The lowest BCUT2D eigenvalue weighted by atomic mass is 10.2. The van der Waals surface area contributed by atoms with Crippen LogP contribution in [0.2, 0.25) is 0 Å². The van der Waals surface area contributed by atoms with Gasteiger partial charge in [0.05, 0.1) is 12.5 Å². The predicted molar refractivity (Wildman–Crippen MR) is 93.5 cm³/mol. The van der Waals surface area contributed by atoms with Gasteiger partial charge >= 0.3 is 0 Å². The van der Waals surface area contributed by atoms with Gasteiger partial charge in [0, 0.05) is 17.0 Å². The van der Waals surface area contributed by atoms with E-state index in [0.29, 0.717) is 18.1 Å². The highest BCUT2D eigenvalue weighted by Crippen LogP contribution is 2.31. The molecule has 0 spiro atoms. The van der Waals surface area contributed by atoms with Gasteiger partial charge in [-0.05, 0) is 48.6 Å². The smallest absolute Gasteiger partial charge is 0.228 e. The van der Waals surface area contributed by atoms with E-state index in [1.165, 1.54) is 12.1 Å². The number of rotatable bonds is 4. The first-order valence-electron chi connectivity index (χ1n) is 8.21. The molecule has 3 aromatic rings. The van der Waals surface area contributed by atoms with Crippen molar-refractivity contribution in [1.82, 2.24) is 20.1 Å². The molecule has 3 heterocycles. The minimum atomic E-state index is -0.291. The summed E-state index contributed by atoms with van der Waals surface area (Å²) in [6, 6.07) is 9.94. The molecule has 1 atom stereocenters. The molecule has 1 aliphatic heterocycles. The zero-order valence-corrected chi connectivity index (χ0v) is 14.3. The maximum absolute atomic E-state index is 13.1. The number of likely N-dealkylation sites (tertiary alicyclic amines) is 1. The van der Waals surface area contributed by atoms with Gasteiger partial charge < -0.3 is 4.90 Å². The average Bonchev–Trinajstić information content (AvgIpc) is 3.36. The number of nitrogens with zero attached hydrogens (tertiary/aromatic N) is 3. The van der Waals surface area contributed by atoms with Crippen LogP contribution in [0.4, 0.5) is 4.39 Å². The largest absolute Gasteiger partial charge is 0.332 e. The molecule has 1 amide bonds. The molecule has 7 heteroatoms. The highest BCUT2D eigenvalue weighted by Gasteiger charge is 2.32. The van der Waals surface area contributed by atoms with E-state index in [1.54, 1.807) is 23.5 Å². The van der Waals surface area contributed by atoms with Crippen molar-refractivity contribution in [2.45, 2.75) is 25.3 Å². The van der Waals surface area contributed by atoms with Crippen LogP contribution in [0.15, 0.2) is 41.8 Å². The Balaban J connectivity index is 1.52. The third-order valence-electron chi connectivity index (χ3n) is 4.40. The van der Waals surface area contributed by atoms with Crippen LogP contribution in [0.5, 0.6) is 0 Å². The van der Waals surface area contributed by atoms with Crippen molar-refractivity contribution in [1.29, 1.82) is 0 Å². The number of aromatic amines is 1. The Bertz CT molecular complexity index is 860. The fraction of sp³-hybridized carbons (Fsp3) is 0.278. The fourth-order valence-corrected chi connectivity index (χ4v) is 3.86. The zero-order valence-electron chi connectivity index (χ0n) is 13.5. The minimum absolute atomic E-state index is 0.0749. The Morgan fingerprint density at radius 1 is 1.32 bits per heavy atom. The Kier molecular flexibility index (Phi) is 4.31. The molecule has 5 nitrogen and oxygen atoms in total. The summed E-state index contributed by atoms with van der Waals surface area (Å²) in [6.45, 7) is 0.738. The summed E-state index contributed by atoms with van der Waals surface area (Å²) in [5.41, 5.74) is 0.748. The Morgan fingerprint density at radius 2 is 2.16 bits per heavy atom. The molecule has 0 bridgehead atoms. The van der Waals surface area contributed by atoms with Crippen molar-refractivity contribution in [2.24, 2.45) is 0 Å². The van der Waals surface area contributed by atoms with Crippen molar-refractivity contribution in [3.8, 4) is 11.4 Å². The molecule has 0 unspecified atom stereocenters. The van der Waals surface area contributed by atoms with E-state index >= 15 is 0 Å². The maximum atomic E-state index is 13.1. The number of carbonyl (C=O) groups excluding carboxylic acids is 1. The lowest BCUT2D eigenvalue weighted by Crippen LogP contribution is -2.32. The van der Waals surface area contributed by atoms with E-state index in [0.717, 1.165) is 29.8 Å². The van der Waals surface area contributed by atoms with Crippen LogP contribution in [-0.2, 0) is 11.2 Å². The Hall–Kier alpha value is -2.54. The normalized spacial score (nSPS) is 17.2. The second-order valence-corrected chi connectivity index (χ2v) is 7.08. The third-order valence-corrected chi connectivity index (χ3v) is 5.28. The Labute approximate surface area is 148 Å². The van der Waals surface area contributed by atoms with Crippen molar-refractivity contribution < 1.29 is 9.18 Å². The van der Waals surface area contributed by atoms with Crippen LogP contribution in [0.25, 0.3) is 11.4 Å². The van der Waals surface area contributed by atoms with Gasteiger partial charge in [-0.25, -0.2) is 9.37 Å². The molecule has 2 aromatic heterocycles. The molecular formula is C18H17FN4OS. The van der Waals surface area contributed by atoms with E-state index in [2.05, 4.69) is 15.2 Å². The fourth-order valence-electron chi connectivity index (χ4n) is 3.16. The molecule has 4 rings (SSSR count). The molecule has 1 aromatic carbocycles. The number of carbonyl (C=O) groups is 1. The molecular weight excluding hydrogens is 339 g/mol. The molecule has 1 aliphatic rings. The second-order valence-electron chi connectivity index (χ2n) is 6.05. The number of hydrogen-bond donors (Lipinski definition) is 1. The molecule has 128 valence electrons. The van der Waals surface area contributed by atoms with Crippen molar-refractivity contribution >= 4 is 17.2 Å².